The molecular formula is C29H29N5O11S. The zero-order valence-corrected chi connectivity index (χ0v) is 25.1. The van der Waals surface area contributed by atoms with Crippen molar-refractivity contribution in [3.05, 3.63) is 102 Å². The Bertz CT molecular complexity index is 1570. The molecule has 46 heavy (non-hydrogen) atoms. The Morgan fingerprint density at radius 2 is 1.52 bits per heavy atom. The summed E-state index contributed by atoms with van der Waals surface area (Å²) in [5.74, 6) is -2.38. The van der Waals surface area contributed by atoms with E-state index in [2.05, 4.69) is 10.6 Å². The minimum absolute atomic E-state index is 0.0142. The number of esters is 1. The molecule has 0 unspecified atom stereocenters. The number of fused-ring (bicyclic) bond motifs is 1. The van der Waals surface area contributed by atoms with Gasteiger partial charge in [-0.3, -0.25) is 29.8 Å². The number of nitrogens with zero attached hydrogens (tertiary/aromatic N) is 3. The predicted molar refractivity (Wildman–Crippen MR) is 161 cm³/mol. The van der Waals surface area contributed by atoms with Gasteiger partial charge in [0, 0.05) is 54.8 Å². The lowest BCUT2D eigenvalue weighted by molar-refractivity contribution is -0.385. The molecule has 2 aromatic rings. The number of hydrogen-bond acceptors (Lipinski definition) is 12. The summed E-state index contributed by atoms with van der Waals surface area (Å²) >= 11 is 1.05. The molecule has 2 aromatic carbocycles. The van der Waals surface area contributed by atoms with Gasteiger partial charge >= 0.3 is 12.1 Å². The van der Waals surface area contributed by atoms with E-state index in [0.29, 0.717) is 16.0 Å². The van der Waals surface area contributed by atoms with Crippen LogP contribution < -0.4 is 10.6 Å². The van der Waals surface area contributed by atoms with Crippen molar-refractivity contribution in [1.82, 2.24) is 15.5 Å². The summed E-state index contributed by atoms with van der Waals surface area (Å²) in [7, 11) is 0. The summed E-state index contributed by atoms with van der Waals surface area (Å²) in [5.41, 5.74) is 0.882. The number of benzene rings is 2. The van der Waals surface area contributed by atoms with Crippen LogP contribution in [0.1, 0.15) is 24.5 Å². The second-order valence-electron chi connectivity index (χ2n) is 10.2. The van der Waals surface area contributed by atoms with Crippen LogP contribution in [0.5, 0.6) is 0 Å². The Labute approximate surface area is 265 Å². The largest absolute Gasteiger partial charge is 0.456 e. The Hall–Kier alpha value is -5.29. The number of aliphatic hydroxyl groups excluding tert-OH is 1. The number of aliphatic hydroxyl groups is 1. The van der Waals surface area contributed by atoms with Crippen molar-refractivity contribution < 1.29 is 43.6 Å². The molecule has 0 saturated carbocycles. The van der Waals surface area contributed by atoms with Crippen molar-refractivity contribution in [3.8, 4) is 0 Å². The van der Waals surface area contributed by atoms with Crippen LogP contribution in [0.25, 0.3) is 0 Å². The number of ether oxygens (including phenoxy) is 2. The maximum Gasteiger partial charge on any atom is 0.407 e. The van der Waals surface area contributed by atoms with Gasteiger partial charge < -0.3 is 30.1 Å². The van der Waals surface area contributed by atoms with Gasteiger partial charge in [0.2, 0.25) is 11.8 Å². The first-order chi connectivity index (χ1) is 22.0. The molecule has 1 saturated heterocycles. The number of alkyl carbamates (subject to hydrolysis) is 1. The smallest absolute Gasteiger partial charge is 0.407 e. The zero-order valence-electron chi connectivity index (χ0n) is 24.3. The van der Waals surface area contributed by atoms with Gasteiger partial charge in [-0.05, 0) is 47.7 Å². The highest BCUT2D eigenvalue weighted by atomic mass is 32.2. The Morgan fingerprint density at radius 1 is 0.978 bits per heavy atom. The summed E-state index contributed by atoms with van der Waals surface area (Å²) < 4.78 is 10.4. The molecular weight excluding hydrogens is 626 g/mol. The molecule has 2 heterocycles. The molecule has 3 atom stereocenters. The first-order valence-electron chi connectivity index (χ1n) is 13.9. The normalized spacial score (nSPS) is 17.6. The Morgan fingerprint density at radius 3 is 2.07 bits per heavy atom. The van der Waals surface area contributed by atoms with E-state index >= 15 is 0 Å². The number of nitro benzene ring substituents is 2. The highest BCUT2D eigenvalue weighted by molar-refractivity contribution is 8.05. The van der Waals surface area contributed by atoms with E-state index in [9.17, 15) is 44.5 Å². The van der Waals surface area contributed by atoms with Crippen molar-refractivity contribution in [2.24, 2.45) is 5.92 Å². The van der Waals surface area contributed by atoms with Crippen LogP contribution in [0.3, 0.4) is 0 Å². The molecule has 242 valence electrons. The molecule has 1 fully saturated rings. The van der Waals surface area contributed by atoms with E-state index in [1.54, 1.807) is 0 Å². The summed E-state index contributed by atoms with van der Waals surface area (Å²) in [4.78, 5) is 72.2. The van der Waals surface area contributed by atoms with Crippen LogP contribution in [0.2, 0.25) is 0 Å². The van der Waals surface area contributed by atoms with Crippen molar-refractivity contribution in [2.45, 2.75) is 38.7 Å². The third-order valence-electron chi connectivity index (χ3n) is 7.04. The van der Waals surface area contributed by atoms with Crippen LogP contribution in [0, 0.1) is 26.1 Å². The Kier molecular flexibility index (Phi) is 11.1. The maximum absolute atomic E-state index is 13.1. The average Bonchev–Trinajstić information content (AvgIpc) is 3.34. The van der Waals surface area contributed by atoms with E-state index in [0.717, 1.165) is 11.8 Å². The lowest BCUT2D eigenvalue weighted by Crippen LogP contribution is -2.61. The fourth-order valence-electron chi connectivity index (χ4n) is 4.76. The number of nitro groups is 2. The van der Waals surface area contributed by atoms with E-state index in [4.69, 9.17) is 9.47 Å². The van der Waals surface area contributed by atoms with Crippen molar-refractivity contribution in [1.29, 1.82) is 0 Å². The SMILES string of the molecule is C[C@H](O)[C@@H]1C(=O)N2C(C(=O)OCc3ccc([N+](=O)[O-])cc3)=C(S/C=C\C(=O)NCCNC(=O)OCc3ccc([N+](=O)[O-])cc3)C[C@H]12. The zero-order chi connectivity index (χ0) is 33.4. The van der Waals surface area contributed by atoms with E-state index in [-0.39, 0.29) is 49.8 Å². The second kappa shape index (κ2) is 15.1. The Balaban J connectivity index is 1.25. The molecule has 2 aliphatic heterocycles. The molecule has 2 aliphatic rings. The number of carbonyl (C=O) groups is 4. The number of hydrogen-bond donors (Lipinski definition) is 3. The quantitative estimate of drug-likeness (QED) is 0.0668. The van der Waals surface area contributed by atoms with Gasteiger partial charge in [0.15, 0.2) is 0 Å². The molecule has 4 rings (SSSR count). The lowest BCUT2D eigenvalue weighted by Gasteiger charge is -2.44. The number of rotatable bonds is 14. The van der Waals surface area contributed by atoms with Gasteiger partial charge in [-0.15, -0.1) is 0 Å². The van der Waals surface area contributed by atoms with Gasteiger partial charge in [0.05, 0.1) is 27.9 Å². The highest BCUT2D eigenvalue weighted by Crippen LogP contribution is 2.47. The molecule has 3 N–H and O–H groups in total. The standard InChI is InChI=1S/C29H29N5O11S/c1-17(35)25-22-14-23(26(32(22)27(25)37)28(38)44-15-18-2-6-20(7-3-18)33(40)41)46-13-10-24(36)30-11-12-31-29(39)45-16-19-4-8-21(9-5-19)34(42)43/h2-10,13,17,22,25,35H,11-12,14-16H2,1H3,(H,30,36)(H,31,39)/b13-10-/t17-,22+,25-/m0/s1. The molecule has 0 aromatic heterocycles. The van der Waals surface area contributed by atoms with Crippen molar-refractivity contribution in [3.63, 3.8) is 0 Å². The number of carbonyl (C=O) groups excluding carboxylic acids is 4. The van der Waals surface area contributed by atoms with Crippen LogP contribution in [-0.4, -0.2) is 69.0 Å². The van der Waals surface area contributed by atoms with Gasteiger partial charge in [0.25, 0.3) is 11.4 Å². The first-order valence-corrected chi connectivity index (χ1v) is 14.7. The van der Waals surface area contributed by atoms with E-state index < -0.39 is 51.8 Å². The summed E-state index contributed by atoms with van der Waals surface area (Å²) in [6, 6.07) is 10.6. The number of non-ortho nitro benzene ring substituents is 2. The molecule has 0 aliphatic carbocycles. The van der Waals surface area contributed by atoms with E-state index in [1.165, 1.54) is 71.8 Å². The van der Waals surface area contributed by atoms with Gasteiger partial charge in [-0.1, -0.05) is 11.8 Å². The highest BCUT2D eigenvalue weighted by Gasteiger charge is 2.57. The van der Waals surface area contributed by atoms with Crippen LogP contribution in [0.4, 0.5) is 16.2 Å². The van der Waals surface area contributed by atoms with Crippen LogP contribution in [-0.2, 0) is 37.1 Å². The molecule has 0 spiro atoms. The number of amides is 3. The van der Waals surface area contributed by atoms with Gasteiger partial charge in [-0.25, -0.2) is 9.59 Å². The van der Waals surface area contributed by atoms with Crippen LogP contribution in [0.15, 0.2) is 70.6 Å². The number of β-lactam (4-membered cyclic amide) rings is 1. The topological polar surface area (TPSA) is 221 Å². The second-order valence-corrected chi connectivity index (χ2v) is 11.2. The first kappa shape index (κ1) is 33.6. The van der Waals surface area contributed by atoms with Crippen LogP contribution >= 0.6 is 11.8 Å². The fourth-order valence-corrected chi connectivity index (χ4v) is 5.67. The molecule has 3 amide bonds. The van der Waals surface area contributed by atoms with Crippen molar-refractivity contribution in [2.75, 3.05) is 13.1 Å². The molecule has 16 nitrogen and oxygen atoms in total. The van der Waals surface area contributed by atoms with Gasteiger partial charge in [-0.2, -0.15) is 0 Å². The number of nitrogens with one attached hydrogen (secondary N) is 2. The predicted octanol–water partition coefficient (Wildman–Crippen LogP) is 2.66. The minimum Gasteiger partial charge on any atom is -0.456 e. The van der Waals surface area contributed by atoms with Gasteiger partial charge in [0.1, 0.15) is 18.9 Å². The summed E-state index contributed by atoms with van der Waals surface area (Å²) in [6.07, 6.45) is -0.181. The molecule has 17 heteroatoms. The number of thioether (sulfide) groups is 1. The maximum atomic E-state index is 13.1. The molecule has 0 bridgehead atoms. The lowest BCUT2D eigenvalue weighted by atomic mass is 9.83. The fraction of sp³-hybridized carbons (Fsp3) is 0.310. The third kappa shape index (κ3) is 8.24. The molecule has 0 radical (unpaired) electrons. The summed E-state index contributed by atoms with van der Waals surface area (Å²) in [5, 5.41) is 38.1. The minimum atomic E-state index is -0.926. The average molecular weight is 656 g/mol. The van der Waals surface area contributed by atoms with E-state index in [1.807, 2.05) is 0 Å². The van der Waals surface area contributed by atoms with Crippen molar-refractivity contribution >= 4 is 47.0 Å². The monoisotopic (exact) mass is 655 g/mol. The third-order valence-corrected chi connectivity index (χ3v) is 7.96. The summed E-state index contributed by atoms with van der Waals surface area (Å²) in [6.45, 7) is 1.34.